The van der Waals surface area contributed by atoms with Crippen LogP contribution in [0.2, 0.25) is 0 Å². The molecular formula is C12H19F3N4O. The molecule has 0 saturated carbocycles. The van der Waals surface area contributed by atoms with Gasteiger partial charge in [0.05, 0.1) is 13.1 Å². The quantitative estimate of drug-likeness (QED) is 0.642. The van der Waals surface area contributed by atoms with E-state index in [1.54, 1.807) is 11.9 Å². The molecule has 0 spiro atoms. The standard InChI is InChI=1S/C12H19F3N4O/c1-16-11(17-7-10(20)12(13,14)15)19(3)8-9-5-4-6-18(9)2/h4-6,10,20H,7-8H2,1-3H3,(H,16,17). The Hall–Kier alpha value is -1.70. The van der Waals surface area contributed by atoms with Gasteiger partial charge in [-0.3, -0.25) is 4.99 Å². The van der Waals surface area contributed by atoms with Crippen LogP contribution in [0.25, 0.3) is 0 Å². The van der Waals surface area contributed by atoms with Crippen molar-refractivity contribution >= 4 is 5.96 Å². The van der Waals surface area contributed by atoms with E-state index in [0.717, 1.165) is 5.69 Å². The Kier molecular flexibility index (Phi) is 5.43. The lowest BCUT2D eigenvalue weighted by Crippen LogP contribution is -2.45. The van der Waals surface area contributed by atoms with Crippen molar-refractivity contribution in [3.63, 3.8) is 0 Å². The van der Waals surface area contributed by atoms with Crippen LogP contribution in [0.4, 0.5) is 13.2 Å². The Morgan fingerprint density at radius 3 is 2.65 bits per heavy atom. The maximum absolute atomic E-state index is 12.2. The summed E-state index contributed by atoms with van der Waals surface area (Å²) in [5.74, 6) is 0.287. The lowest BCUT2D eigenvalue weighted by atomic mass is 10.3. The highest BCUT2D eigenvalue weighted by Crippen LogP contribution is 2.19. The van der Waals surface area contributed by atoms with Crippen molar-refractivity contribution in [1.82, 2.24) is 14.8 Å². The fourth-order valence-electron chi connectivity index (χ4n) is 1.67. The number of nitrogens with one attached hydrogen (secondary N) is 1. The highest BCUT2D eigenvalue weighted by Gasteiger charge is 2.38. The highest BCUT2D eigenvalue weighted by atomic mass is 19.4. The van der Waals surface area contributed by atoms with Crippen LogP contribution in [0.15, 0.2) is 23.3 Å². The van der Waals surface area contributed by atoms with Crippen molar-refractivity contribution in [1.29, 1.82) is 0 Å². The smallest absolute Gasteiger partial charge is 0.382 e. The zero-order chi connectivity index (χ0) is 15.3. The van der Waals surface area contributed by atoms with E-state index in [-0.39, 0.29) is 5.96 Å². The minimum Gasteiger partial charge on any atom is -0.382 e. The third-order valence-electron chi connectivity index (χ3n) is 2.86. The number of alkyl halides is 3. The van der Waals surface area contributed by atoms with E-state index in [4.69, 9.17) is 5.11 Å². The maximum atomic E-state index is 12.2. The SMILES string of the molecule is CN=C(NCC(O)C(F)(F)F)N(C)Cc1cccn1C. The Bertz CT molecular complexity index is 456. The second kappa shape index (κ2) is 6.65. The van der Waals surface area contributed by atoms with Crippen LogP contribution in [0.1, 0.15) is 5.69 Å². The molecule has 1 atom stereocenters. The molecule has 1 rings (SSSR count). The summed E-state index contributed by atoms with van der Waals surface area (Å²) in [5, 5.41) is 11.5. The monoisotopic (exact) mass is 292 g/mol. The molecule has 0 aliphatic carbocycles. The van der Waals surface area contributed by atoms with Gasteiger partial charge in [0, 0.05) is 33.0 Å². The van der Waals surface area contributed by atoms with Crippen LogP contribution >= 0.6 is 0 Å². The Morgan fingerprint density at radius 1 is 1.55 bits per heavy atom. The molecule has 0 bridgehead atoms. The molecule has 0 aromatic carbocycles. The van der Waals surface area contributed by atoms with Gasteiger partial charge in [0.25, 0.3) is 0 Å². The van der Waals surface area contributed by atoms with Gasteiger partial charge in [-0.25, -0.2) is 0 Å². The van der Waals surface area contributed by atoms with Crippen molar-refractivity contribution < 1.29 is 18.3 Å². The minimum atomic E-state index is -4.64. The number of nitrogens with zero attached hydrogens (tertiary/aromatic N) is 3. The second-order valence-electron chi connectivity index (χ2n) is 4.45. The molecule has 1 heterocycles. The van der Waals surface area contributed by atoms with Crippen LogP contribution in [0.5, 0.6) is 0 Å². The van der Waals surface area contributed by atoms with Crippen molar-refractivity contribution in [2.75, 3.05) is 20.6 Å². The number of aliphatic hydroxyl groups excluding tert-OH is 1. The van der Waals surface area contributed by atoms with Gasteiger partial charge in [-0.05, 0) is 12.1 Å². The summed E-state index contributed by atoms with van der Waals surface area (Å²) in [7, 11) is 5.07. The first-order chi connectivity index (χ1) is 9.25. The molecule has 20 heavy (non-hydrogen) atoms. The van der Waals surface area contributed by atoms with Crippen LogP contribution in [-0.2, 0) is 13.6 Å². The number of aliphatic hydroxyl groups is 1. The lowest BCUT2D eigenvalue weighted by molar-refractivity contribution is -0.201. The molecule has 8 heteroatoms. The molecule has 0 amide bonds. The number of hydrogen-bond acceptors (Lipinski definition) is 2. The van der Waals surface area contributed by atoms with E-state index in [9.17, 15) is 13.2 Å². The number of guanidine groups is 1. The van der Waals surface area contributed by atoms with Gasteiger partial charge < -0.3 is 19.9 Å². The van der Waals surface area contributed by atoms with Crippen molar-refractivity contribution in [3.8, 4) is 0 Å². The molecule has 114 valence electrons. The van der Waals surface area contributed by atoms with E-state index >= 15 is 0 Å². The predicted molar refractivity (Wildman–Crippen MR) is 70.3 cm³/mol. The lowest BCUT2D eigenvalue weighted by Gasteiger charge is -2.24. The number of aliphatic imine (C=N–C) groups is 1. The third-order valence-corrected chi connectivity index (χ3v) is 2.86. The summed E-state index contributed by atoms with van der Waals surface area (Å²) >= 11 is 0. The van der Waals surface area contributed by atoms with Gasteiger partial charge in [0.1, 0.15) is 0 Å². The van der Waals surface area contributed by atoms with Gasteiger partial charge in [0.2, 0.25) is 0 Å². The molecule has 0 saturated heterocycles. The summed E-state index contributed by atoms with van der Waals surface area (Å²) in [5.41, 5.74) is 0.992. The molecule has 1 aromatic heterocycles. The first-order valence-corrected chi connectivity index (χ1v) is 6.02. The van der Waals surface area contributed by atoms with E-state index in [2.05, 4.69) is 10.3 Å². The topological polar surface area (TPSA) is 52.8 Å². The molecule has 0 aliphatic rings. The number of aryl methyl sites for hydroxylation is 1. The van der Waals surface area contributed by atoms with Gasteiger partial charge in [-0.1, -0.05) is 0 Å². The van der Waals surface area contributed by atoms with E-state index in [1.165, 1.54) is 7.05 Å². The number of aromatic nitrogens is 1. The van der Waals surface area contributed by atoms with Crippen molar-refractivity contribution in [2.24, 2.45) is 12.0 Å². The second-order valence-corrected chi connectivity index (χ2v) is 4.45. The Labute approximate surface area is 115 Å². The van der Waals surface area contributed by atoms with Crippen LogP contribution in [0, 0.1) is 0 Å². The summed E-state index contributed by atoms with van der Waals surface area (Å²) in [6.45, 7) is -0.140. The molecule has 1 unspecified atom stereocenters. The summed E-state index contributed by atoms with van der Waals surface area (Å²) in [6, 6.07) is 3.79. The average molecular weight is 292 g/mol. The molecule has 0 fully saturated rings. The van der Waals surface area contributed by atoms with Gasteiger partial charge in [-0.2, -0.15) is 13.2 Å². The molecule has 0 aliphatic heterocycles. The van der Waals surface area contributed by atoms with E-state index in [1.807, 2.05) is 29.9 Å². The summed E-state index contributed by atoms with van der Waals surface area (Å²) < 4.78 is 38.6. The zero-order valence-corrected chi connectivity index (χ0v) is 11.6. The molecule has 1 aromatic rings. The first kappa shape index (κ1) is 16.4. The van der Waals surface area contributed by atoms with Crippen molar-refractivity contribution in [2.45, 2.75) is 18.8 Å². The van der Waals surface area contributed by atoms with Gasteiger partial charge in [-0.15, -0.1) is 0 Å². The Balaban J connectivity index is 2.57. The number of hydrogen-bond donors (Lipinski definition) is 2. The first-order valence-electron chi connectivity index (χ1n) is 6.02. The van der Waals surface area contributed by atoms with Gasteiger partial charge >= 0.3 is 6.18 Å². The maximum Gasteiger partial charge on any atom is 0.416 e. The van der Waals surface area contributed by atoms with Crippen LogP contribution in [0.3, 0.4) is 0 Å². The third kappa shape index (κ3) is 4.44. The zero-order valence-electron chi connectivity index (χ0n) is 11.6. The average Bonchev–Trinajstić information content (AvgIpc) is 2.74. The van der Waals surface area contributed by atoms with E-state index < -0.39 is 18.8 Å². The molecule has 5 nitrogen and oxygen atoms in total. The number of rotatable bonds is 4. The largest absolute Gasteiger partial charge is 0.416 e. The van der Waals surface area contributed by atoms with Gasteiger partial charge in [0.15, 0.2) is 12.1 Å². The van der Waals surface area contributed by atoms with Crippen LogP contribution < -0.4 is 5.32 Å². The molecule has 0 radical (unpaired) electrons. The fourth-order valence-corrected chi connectivity index (χ4v) is 1.67. The normalized spacial score (nSPS) is 14.2. The minimum absolute atomic E-state index is 0.287. The molecule has 2 N–H and O–H groups in total. The summed E-state index contributed by atoms with van der Waals surface area (Å²) in [4.78, 5) is 5.57. The number of halogens is 3. The summed E-state index contributed by atoms with van der Waals surface area (Å²) in [6.07, 6.45) is -5.17. The molecular weight excluding hydrogens is 273 g/mol. The predicted octanol–water partition coefficient (Wildman–Crippen LogP) is 0.955. The van der Waals surface area contributed by atoms with Crippen LogP contribution in [-0.4, -0.2) is 53.5 Å². The van der Waals surface area contributed by atoms with E-state index in [0.29, 0.717) is 6.54 Å². The highest BCUT2D eigenvalue weighted by molar-refractivity contribution is 5.79. The fraction of sp³-hybridized carbons (Fsp3) is 0.583. The Morgan fingerprint density at radius 2 is 2.20 bits per heavy atom. The van der Waals surface area contributed by atoms with Crippen molar-refractivity contribution in [3.05, 3.63) is 24.0 Å².